The van der Waals surface area contributed by atoms with Crippen molar-refractivity contribution < 1.29 is 14.0 Å². The first-order valence-corrected chi connectivity index (χ1v) is 7.09. The Labute approximate surface area is 123 Å². The van der Waals surface area contributed by atoms with Gasteiger partial charge in [-0.2, -0.15) is 0 Å². The van der Waals surface area contributed by atoms with E-state index in [1.807, 2.05) is 0 Å². The summed E-state index contributed by atoms with van der Waals surface area (Å²) in [5, 5.41) is 5.68. The maximum Gasteiger partial charge on any atom is 0.239 e. The molecule has 2 amide bonds. The van der Waals surface area contributed by atoms with Crippen molar-refractivity contribution in [1.82, 2.24) is 10.2 Å². The summed E-state index contributed by atoms with van der Waals surface area (Å²) in [4.78, 5) is 24.8. The molecule has 1 fully saturated rings. The Morgan fingerprint density at radius 2 is 1.95 bits per heavy atom. The van der Waals surface area contributed by atoms with E-state index in [2.05, 4.69) is 10.6 Å². The van der Waals surface area contributed by atoms with E-state index in [1.54, 1.807) is 30.0 Å². The minimum absolute atomic E-state index is 0.0356. The predicted molar refractivity (Wildman–Crippen MR) is 78.3 cm³/mol. The first kappa shape index (κ1) is 15.3. The fourth-order valence-corrected chi connectivity index (χ4v) is 2.40. The number of anilines is 1. The number of halogens is 1. The number of hydrogen-bond donors (Lipinski definition) is 2. The minimum atomic E-state index is -0.375. The number of piperidine rings is 1. The summed E-state index contributed by atoms with van der Waals surface area (Å²) in [6.07, 6.45) is 1.51. The van der Waals surface area contributed by atoms with Gasteiger partial charge in [-0.15, -0.1) is 0 Å². The second kappa shape index (κ2) is 7.06. The van der Waals surface area contributed by atoms with Gasteiger partial charge < -0.3 is 15.5 Å². The van der Waals surface area contributed by atoms with Crippen molar-refractivity contribution in [2.24, 2.45) is 0 Å². The van der Waals surface area contributed by atoms with Crippen LogP contribution in [-0.2, 0) is 9.59 Å². The molecular weight excluding hydrogens is 273 g/mol. The van der Waals surface area contributed by atoms with Gasteiger partial charge in [0, 0.05) is 26.1 Å². The van der Waals surface area contributed by atoms with E-state index in [1.165, 1.54) is 6.07 Å². The van der Waals surface area contributed by atoms with Crippen molar-refractivity contribution in [3.8, 4) is 0 Å². The Bertz CT molecular complexity index is 513. The number of rotatable bonds is 4. The van der Waals surface area contributed by atoms with E-state index in [9.17, 15) is 14.0 Å². The number of carbonyl (C=O) groups is 2. The third-order valence-corrected chi connectivity index (χ3v) is 3.62. The fraction of sp³-hybridized carbons (Fsp3) is 0.467. The molecular formula is C15H20FN3O2. The second-order valence-electron chi connectivity index (χ2n) is 5.18. The summed E-state index contributed by atoms with van der Waals surface area (Å²) in [6.45, 7) is 2.92. The monoisotopic (exact) mass is 293 g/mol. The van der Waals surface area contributed by atoms with Crippen LogP contribution < -0.4 is 10.6 Å². The van der Waals surface area contributed by atoms with Gasteiger partial charge in [-0.3, -0.25) is 9.59 Å². The van der Waals surface area contributed by atoms with Gasteiger partial charge in [0.15, 0.2) is 0 Å². The first-order valence-electron chi connectivity index (χ1n) is 7.09. The molecule has 0 saturated carbocycles. The molecule has 1 heterocycles. The molecule has 114 valence electrons. The SMILES string of the molecule is CC(=O)N1CCC(NC(=O)CNc2ccccc2F)CC1. The van der Waals surface area contributed by atoms with E-state index in [0.717, 1.165) is 12.8 Å². The van der Waals surface area contributed by atoms with Crippen molar-refractivity contribution in [1.29, 1.82) is 0 Å². The highest BCUT2D eigenvalue weighted by Gasteiger charge is 2.21. The van der Waals surface area contributed by atoms with Crippen LogP contribution in [0, 0.1) is 5.82 Å². The molecule has 1 aromatic rings. The van der Waals surface area contributed by atoms with Gasteiger partial charge in [0.2, 0.25) is 11.8 Å². The third-order valence-electron chi connectivity index (χ3n) is 3.62. The molecule has 5 nitrogen and oxygen atoms in total. The quantitative estimate of drug-likeness (QED) is 0.881. The zero-order chi connectivity index (χ0) is 15.2. The number of carbonyl (C=O) groups excluding carboxylic acids is 2. The number of hydrogen-bond acceptors (Lipinski definition) is 3. The van der Waals surface area contributed by atoms with E-state index in [0.29, 0.717) is 18.8 Å². The average molecular weight is 293 g/mol. The summed E-state index contributed by atoms with van der Waals surface area (Å²) in [5.74, 6) is -0.472. The molecule has 1 aliphatic heterocycles. The lowest BCUT2D eigenvalue weighted by Gasteiger charge is -2.31. The smallest absolute Gasteiger partial charge is 0.239 e. The van der Waals surface area contributed by atoms with Gasteiger partial charge in [-0.25, -0.2) is 4.39 Å². The highest BCUT2D eigenvalue weighted by atomic mass is 19.1. The molecule has 0 radical (unpaired) electrons. The van der Waals surface area contributed by atoms with Crippen molar-refractivity contribution in [2.45, 2.75) is 25.8 Å². The van der Waals surface area contributed by atoms with Crippen molar-refractivity contribution in [3.63, 3.8) is 0 Å². The Hall–Kier alpha value is -2.11. The van der Waals surface area contributed by atoms with E-state index >= 15 is 0 Å². The minimum Gasteiger partial charge on any atom is -0.374 e. The molecule has 0 aromatic heterocycles. The summed E-state index contributed by atoms with van der Waals surface area (Å²) in [7, 11) is 0. The van der Waals surface area contributed by atoms with Crippen molar-refractivity contribution >= 4 is 17.5 Å². The average Bonchev–Trinajstić information content (AvgIpc) is 2.47. The maximum atomic E-state index is 13.4. The fourth-order valence-electron chi connectivity index (χ4n) is 2.40. The molecule has 2 rings (SSSR count). The van der Waals surface area contributed by atoms with E-state index < -0.39 is 0 Å². The number of nitrogens with one attached hydrogen (secondary N) is 2. The Balaban J connectivity index is 1.73. The number of para-hydroxylation sites is 1. The van der Waals surface area contributed by atoms with Crippen LogP contribution in [0.3, 0.4) is 0 Å². The number of amides is 2. The predicted octanol–water partition coefficient (Wildman–Crippen LogP) is 1.36. The van der Waals surface area contributed by atoms with Crippen molar-refractivity contribution in [2.75, 3.05) is 25.0 Å². The Morgan fingerprint density at radius 3 is 2.57 bits per heavy atom. The van der Waals surface area contributed by atoms with Crippen LogP contribution in [0.5, 0.6) is 0 Å². The van der Waals surface area contributed by atoms with Gasteiger partial charge in [-0.1, -0.05) is 12.1 Å². The standard InChI is InChI=1S/C15H20FN3O2/c1-11(20)19-8-6-12(7-9-19)18-15(21)10-17-14-5-3-2-4-13(14)16/h2-5,12,17H,6-10H2,1H3,(H,18,21). The molecule has 0 atom stereocenters. The Morgan fingerprint density at radius 1 is 1.29 bits per heavy atom. The van der Waals surface area contributed by atoms with Gasteiger partial charge in [0.25, 0.3) is 0 Å². The summed E-state index contributed by atoms with van der Waals surface area (Å²) in [6, 6.07) is 6.33. The maximum absolute atomic E-state index is 13.4. The molecule has 1 aliphatic rings. The molecule has 1 saturated heterocycles. The van der Waals surface area contributed by atoms with Crippen LogP contribution in [0.1, 0.15) is 19.8 Å². The topological polar surface area (TPSA) is 61.4 Å². The second-order valence-corrected chi connectivity index (χ2v) is 5.18. The van der Waals surface area contributed by atoms with Gasteiger partial charge in [0.05, 0.1) is 12.2 Å². The third kappa shape index (κ3) is 4.44. The zero-order valence-electron chi connectivity index (χ0n) is 12.1. The largest absolute Gasteiger partial charge is 0.374 e. The molecule has 0 bridgehead atoms. The first-order chi connectivity index (χ1) is 10.1. The normalized spacial score (nSPS) is 15.6. The summed E-state index contributed by atoms with van der Waals surface area (Å²) >= 11 is 0. The molecule has 21 heavy (non-hydrogen) atoms. The van der Waals surface area contributed by atoms with Crippen LogP contribution in [0.4, 0.5) is 10.1 Å². The number of likely N-dealkylation sites (tertiary alicyclic amines) is 1. The highest BCUT2D eigenvalue weighted by Crippen LogP contribution is 2.12. The Kier molecular flexibility index (Phi) is 5.14. The number of benzene rings is 1. The van der Waals surface area contributed by atoms with Crippen LogP contribution in [0.25, 0.3) is 0 Å². The highest BCUT2D eigenvalue weighted by molar-refractivity contribution is 5.81. The lowest BCUT2D eigenvalue weighted by Crippen LogP contribution is -2.47. The van der Waals surface area contributed by atoms with Gasteiger partial charge >= 0.3 is 0 Å². The van der Waals surface area contributed by atoms with Crippen LogP contribution >= 0.6 is 0 Å². The van der Waals surface area contributed by atoms with Crippen LogP contribution in [0.15, 0.2) is 24.3 Å². The molecule has 0 unspecified atom stereocenters. The molecule has 6 heteroatoms. The van der Waals surface area contributed by atoms with Crippen molar-refractivity contribution in [3.05, 3.63) is 30.1 Å². The lowest BCUT2D eigenvalue weighted by molar-refractivity contribution is -0.130. The molecule has 0 spiro atoms. The van der Waals surface area contributed by atoms with Crippen LogP contribution in [0.2, 0.25) is 0 Å². The summed E-state index contributed by atoms with van der Waals surface area (Å²) in [5.41, 5.74) is 0.319. The number of nitrogens with zero attached hydrogens (tertiary/aromatic N) is 1. The summed E-state index contributed by atoms with van der Waals surface area (Å²) < 4.78 is 13.4. The molecule has 2 N–H and O–H groups in total. The van der Waals surface area contributed by atoms with E-state index in [4.69, 9.17) is 0 Å². The molecule has 0 aliphatic carbocycles. The van der Waals surface area contributed by atoms with Gasteiger partial charge in [0.1, 0.15) is 5.82 Å². The lowest BCUT2D eigenvalue weighted by atomic mass is 10.1. The van der Waals surface area contributed by atoms with Crippen LogP contribution in [-0.4, -0.2) is 42.4 Å². The van der Waals surface area contributed by atoms with E-state index in [-0.39, 0.29) is 30.2 Å². The molecule has 1 aromatic carbocycles. The van der Waals surface area contributed by atoms with Gasteiger partial charge in [-0.05, 0) is 25.0 Å². The zero-order valence-corrected chi connectivity index (χ0v) is 12.1.